The van der Waals surface area contributed by atoms with Gasteiger partial charge in [-0.15, -0.1) is 0 Å². The second-order valence-corrected chi connectivity index (χ2v) is 9.81. The second kappa shape index (κ2) is 10.8. The molecule has 0 radical (unpaired) electrons. The number of carbonyl (C=O) groups excluding carboxylic acids is 2. The molecule has 0 unspecified atom stereocenters. The van der Waals surface area contributed by atoms with Crippen LogP contribution in [-0.2, 0) is 4.79 Å². The van der Waals surface area contributed by atoms with Gasteiger partial charge in [-0.3, -0.25) is 14.5 Å². The van der Waals surface area contributed by atoms with Gasteiger partial charge >= 0.3 is 0 Å². The van der Waals surface area contributed by atoms with E-state index in [1.807, 2.05) is 0 Å². The van der Waals surface area contributed by atoms with Crippen LogP contribution in [0.25, 0.3) is 0 Å². The van der Waals surface area contributed by atoms with Crippen molar-refractivity contribution in [3.8, 4) is 23.0 Å². The van der Waals surface area contributed by atoms with E-state index in [4.69, 9.17) is 18.9 Å². The molecule has 3 aliphatic rings. The van der Waals surface area contributed by atoms with Crippen molar-refractivity contribution in [2.75, 3.05) is 31.3 Å². The molecule has 0 bridgehead atoms. The summed E-state index contributed by atoms with van der Waals surface area (Å²) in [6.07, 6.45) is 3.83. The lowest BCUT2D eigenvalue weighted by Crippen LogP contribution is -2.46. The molecule has 202 valence electrons. The first kappa shape index (κ1) is 25.0. The number of hydrogen-bond donors (Lipinski definition) is 1. The average Bonchev–Trinajstić information content (AvgIpc) is 3.48. The molecule has 8 nitrogen and oxygen atoms in total. The highest BCUT2D eigenvalue weighted by molar-refractivity contribution is 6.10. The quantitative estimate of drug-likeness (QED) is 0.490. The van der Waals surface area contributed by atoms with Gasteiger partial charge in [0, 0.05) is 23.4 Å². The molecule has 1 N–H and O–H groups in total. The molecule has 6 rings (SSSR count). The van der Waals surface area contributed by atoms with Gasteiger partial charge in [-0.2, -0.15) is 0 Å². The second-order valence-electron chi connectivity index (χ2n) is 9.81. The Morgan fingerprint density at radius 1 is 0.769 bits per heavy atom. The van der Waals surface area contributed by atoms with E-state index < -0.39 is 17.8 Å². The highest BCUT2D eigenvalue weighted by Crippen LogP contribution is 2.39. The summed E-state index contributed by atoms with van der Waals surface area (Å²) in [6.45, 7) is 1.60. The molecule has 0 saturated heterocycles. The number of halogens is 1. The van der Waals surface area contributed by atoms with E-state index in [1.54, 1.807) is 36.4 Å². The Kier molecular flexibility index (Phi) is 6.96. The summed E-state index contributed by atoms with van der Waals surface area (Å²) >= 11 is 0. The number of anilines is 1. The highest BCUT2D eigenvalue weighted by atomic mass is 19.1. The number of nitrogens with one attached hydrogen (secondary N) is 1. The first-order valence-electron chi connectivity index (χ1n) is 13.3. The zero-order valence-corrected chi connectivity index (χ0v) is 21.4. The van der Waals surface area contributed by atoms with Crippen molar-refractivity contribution in [3.05, 3.63) is 77.6 Å². The van der Waals surface area contributed by atoms with Gasteiger partial charge < -0.3 is 24.3 Å². The van der Waals surface area contributed by atoms with Gasteiger partial charge in [-0.25, -0.2) is 4.39 Å². The number of carbonyl (C=O) groups is 2. The van der Waals surface area contributed by atoms with Gasteiger partial charge in [0.25, 0.3) is 5.91 Å². The van der Waals surface area contributed by atoms with Crippen molar-refractivity contribution < 1.29 is 32.9 Å². The zero-order valence-electron chi connectivity index (χ0n) is 21.4. The van der Waals surface area contributed by atoms with Crippen LogP contribution in [-0.4, -0.2) is 44.3 Å². The fourth-order valence-corrected chi connectivity index (χ4v) is 5.29. The number of amides is 2. The van der Waals surface area contributed by atoms with Gasteiger partial charge in [-0.05, 0) is 60.9 Å². The first-order valence-corrected chi connectivity index (χ1v) is 13.3. The summed E-state index contributed by atoms with van der Waals surface area (Å²) in [5.41, 5.74) is 1.23. The summed E-state index contributed by atoms with van der Waals surface area (Å²) in [7, 11) is 0. The molecule has 3 aromatic rings. The largest absolute Gasteiger partial charge is 0.486 e. The smallest absolute Gasteiger partial charge is 0.259 e. The Morgan fingerprint density at radius 2 is 1.36 bits per heavy atom. The summed E-state index contributed by atoms with van der Waals surface area (Å²) < 4.78 is 36.8. The van der Waals surface area contributed by atoms with Gasteiger partial charge in [0.15, 0.2) is 23.0 Å². The fraction of sp³-hybridized carbons (Fsp3) is 0.333. The van der Waals surface area contributed by atoms with E-state index in [9.17, 15) is 14.0 Å². The van der Waals surface area contributed by atoms with Crippen molar-refractivity contribution in [3.63, 3.8) is 0 Å². The predicted molar refractivity (Wildman–Crippen MR) is 141 cm³/mol. The Hall–Kier alpha value is -4.27. The van der Waals surface area contributed by atoms with Crippen LogP contribution in [0.4, 0.5) is 10.1 Å². The molecule has 9 heteroatoms. The van der Waals surface area contributed by atoms with E-state index in [2.05, 4.69) is 5.32 Å². The minimum absolute atomic E-state index is 0.0203. The van der Waals surface area contributed by atoms with E-state index in [-0.39, 0.29) is 11.9 Å². The molecule has 2 heterocycles. The first-order chi connectivity index (χ1) is 19.1. The van der Waals surface area contributed by atoms with Gasteiger partial charge in [0.05, 0.1) is 0 Å². The normalized spacial score (nSPS) is 16.8. The maximum atomic E-state index is 14.3. The maximum Gasteiger partial charge on any atom is 0.259 e. The van der Waals surface area contributed by atoms with Crippen molar-refractivity contribution >= 4 is 17.5 Å². The molecule has 39 heavy (non-hydrogen) atoms. The third-order valence-electron chi connectivity index (χ3n) is 7.21. The summed E-state index contributed by atoms with van der Waals surface area (Å²) in [5, 5.41) is 3.13. The molecular weight excluding hydrogens is 503 g/mol. The maximum absolute atomic E-state index is 14.3. The van der Waals surface area contributed by atoms with Crippen LogP contribution < -0.4 is 29.2 Å². The van der Waals surface area contributed by atoms with Crippen LogP contribution in [0.5, 0.6) is 23.0 Å². The van der Waals surface area contributed by atoms with Crippen LogP contribution in [0, 0.1) is 5.82 Å². The van der Waals surface area contributed by atoms with E-state index in [0.717, 1.165) is 25.7 Å². The minimum atomic E-state index is -1.07. The number of benzene rings is 3. The van der Waals surface area contributed by atoms with Crippen LogP contribution in [0.2, 0.25) is 0 Å². The number of rotatable bonds is 6. The van der Waals surface area contributed by atoms with E-state index >= 15 is 0 Å². The molecule has 3 aromatic carbocycles. The lowest BCUT2D eigenvalue weighted by atomic mass is 10.0. The van der Waals surface area contributed by atoms with Crippen molar-refractivity contribution in [1.29, 1.82) is 0 Å². The third kappa shape index (κ3) is 5.21. The van der Waals surface area contributed by atoms with Crippen LogP contribution >= 0.6 is 0 Å². The molecule has 0 spiro atoms. The Morgan fingerprint density at radius 3 is 2.03 bits per heavy atom. The fourth-order valence-electron chi connectivity index (χ4n) is 5.29. The van der Waals surface area contributed by atoms with Crippen molar-refractivity contribution in [1.82, 2.24) is 5.32 Å². The third-order valence-corrected chi connectivity index (χ3v) is 7.21. The molecular formula is C30H29FN2O6. The number of hydrogen-bond acceptors (Lipinski definition) is 6. The Labute approximate surface area is 225 Å². The molecule has 1 aliphatic carbocycles. The van der Waals surface area contributed by atoms with Crippen molar-refractivity contribution in [2.24, 2.45) is 0 Å². The van der Waals surface area contributed by atoms with Gasteiger partial charge in [0.1, 0.15) is 38.3 Å². The average molecular weight is 533 g/mol. The Bertz CT molecular complexity index is 1370. The van der Waals surface area contributed by atoms with Crippen LogP contribution in [0.1, 0.15) is 47.6 Å². The summed E-state index contributed by atoms with van der Waals surface area (Å²) in [6, 6.07) is 14.7. The molecule has 0 aromatic heterocycles. The lowest BCUT2D eigenvalue weighted by Gasteiger charge is -2.33. The standard InChI is InChI=1S/C30H29FN2O6/c31-21-8-5-19(6-9-21)28(29(34)32-22-3-1-2-4-22)33(23-10-12-25-27(18-23)39-16-14-37-25)30(35)20-7-11-24-26(17-20)38-15-13-36-24/h5-12,17-18,22,28H,1-4,13-16H2,(H,32,34)/t28-/m0/s1. The number of nitrogens with zero attached hydrogens (tertiary/aromatic N) is 1. The van der Waals surface area contributed by atoms with Gasteiger partial charge in [-0.1, -0.05) is 25.0 Å². The topological polar surface area (TPSA) is 86.3 Å². The molecule has 2 amide bonds. The monoisotopic (exact) mass is 532 g/mol. The molecule has 2 aliphatic heterocycles. The Balaban J connectivity index is 1.46. The summed E-state index contributed by atoms with van der Waals surface area (Å²) in [5.74, 6) is 0.852. The van der Waals surface area contributed by atoms with Crippen LogP contribution in [0.3, 0.4) is 0 Å². The van der Waals surface area contributed by atoms with Gasteiger partial charge in [0.2, 0.25) is 5.91 Å². The molecule has 1 fully saturated rings. The van der Waals surface area contributed by atoms with Crippen molar-refractivity contribution in [2.45, 2.75) is 37.8 Å². The zero-order chi connectivity index (χ0) is 26.8. The summed E-state index contributed by atoms with van der Waals surface area (Å²) in [4.78, 5) is 29.7. The molecule has 1 atom stereocenters. The van der Waals surface area contributed by atoms with Crippen LogP contribution in [0.15, 0.2) is 60.7 Å². The molecule has 1 saturated carbocycles. The SMILES string of the molecule is O=C(NC1CCCC1)[C@H](c1ccc(F)cc1)N(C(=O)c1ccc2c(c1)OCCO2)c1ccc2c(c1)OCCO2. The highest BCUT2D eigenvalue weighted by Gasteiger charge is 2.36. The minimum Gasteiger partial charge on any atom is -0.486 e. The van der Waals surface area contributed by atoms with E-state index in [1.165, 1.54) is 29.2 Å². The predicted octanol–water partition coefficient (Wildman–Crippen LogP) is 4.82. The number of fused-ring (bicyclic) bond motifs is 2. The number of ether oxygens (including phenoxy) is 4. The van der Waals surface area contributed by atoms with E-state index in [0.29, 0.717) is 66.2 Å². The lowest BCUT2D eigenvalue weighted by molar-refractivity contribution is -0.123.